The number of nitrogens with zero attached hydrogens (tertiary/aromatic N) is 1. The van der Waals surface area contributed by atoms with Crippen molar-refractivity contribution in [1.29, 1.82) is 0 Å². The molecule has 12 heteroatoms. The van der Waals surface area contributed by atoms with Crippen molar-refractivity contribution in [1.82, 2.24) is 10.2 Å². The van der Waals surface area contributed by atoms with Crippen molar-refractivity contribution in [2.75, 3.05) is 12.4 Å². The molecule has 1 aromatic rings. The van der Waals surface area contributed by atoms with E-state index in [1.165, 1.54) is 18.7 Å². The van der Waals surface area contributed by atoms with Gasteiger partial charge in [-0.05, 0) is 5.56 Å². The predicted molar refractivity (Wildman–Crippen MR) is 107 cm³/mol. The molecule has 0 radical (unpaired) electrons. The first-order valence-electron chi connectivity index (χ1n) is 8.45. The molecule has 30 heavy (non-hydrogen) atoms. The highest BCUT2D eigenvalue weighted by molar-refractivity contribution is 8.00. The Bertz CT molecular complexity index is 860. The average Bonchev–Trinajstić information content (AvgIpc) is 2.69. The van der Waals surface area contributed by atoms with Gasteiger partial charge in [-0.3, -0.25) is 19.3 Å². The molecule has 1 aromatic carbocycles. The van der Waals surface area contributed by atoms with Gasteiger partial charge in [0.2, 0.25) is 5.91 Å². The number of rotatable bonds is 6. The van der Waals surface area contributed by atoms with E-state index in [-0.39, 0.29) is 29.0 Å². The van der Waals surface area contributed by atoms with E-state index < -0.39 is 41.2 Å². The third kappa shape index (κ3) is 4.79. The molecule has 0 bridgehead atoms. The largest absolute Gasteiger partial charge is 0.477 e. The summed E-state index contributed by atoms with van der Waals surface area (Å²) in [6.07, 6.45) is 0. The minimum Gasteiger partial charge on any atom is -0.477 e. The fourth-order valence-electron chi connectivity index (χ4n) is 3.04. The van der Waals surface area contributed by atoms with Crippen LogP contribution in [0, 0.1) is 0 Å². The minimum absolute atomic E-state index is 0. The van der Waals surface area contributed by atoms with Crippen molar-refractivity contribution in [3.05, 3.63) is 47.2 Å². The Hall–Kier alpha value is -2.93. The maximum atomic E-state index is 12.5. The molecule has 0 aromatic heterocycles. The summed E-state index contributed by atoms with van der Waals surface area (Å²) in [5.74, 6) is -2.62. The van der Waals surface area contributed by atoms with Crippen molar-refractivity contribution in [2.24, 2.45) is 5.73 Å². The van der Waals surface area contributed by atoms with Gasteiger partial charge in [-0.2, -0.15) is 0 Å². The van der Waals surface area contributed by atoms with Gasteiger partial charge < -0.3 is 31.8 Å². The van der Waals surface area contributed by atoms with Crippen LogP contribution < -0.4 is 11.1 Å². The number of fused-ring (bicyclic) bond motifs is 1. The highest BCUT2D eigenvalue weighted by Gasteiger charge is 2.54. The van der Waals surface area contributed by atoms with Crippen LogP contribution in [0.4, 0.5) is 0 Å². The molecule has 2 amide bonds. The lowest BCUT2D eigenvalue weighted by atomic mass is 10.0. The molecule has 2 unspecified atom stereocenters. The molecular weight excluding hydrogens is 418 g/mol. The molecular formula is C18H23N3O8S. The van der Waals surface area contributed by atoms with Crippen LogP contribution in [0.15, 0.2) is 41.6 Å². The maximum absolute atomic E-state index is 12.5. The number of carbonyl (C=O) groups is 4. The number of esters is 1. The lowest BCUT2D eigenvalue weighted by Gasteiger charge is -2.49. The lowest BCUT2D eigenvalue weighted by Crippen LogP contribution is -2.71. The van der Waals surface area contributed by atoms with Crippen LogP contribution in [0.3, 0.4) is 0 Å². The van der Waals surface area contributed by atoms with E-state index in [2.05, 4.69) is 5.32 Å². The van der Waals surface area contributed by atoms with Gasteiger partial charge in [0.1, 0.15) is 29.8 Å². The minimum atomic E-state index is -1.29. The average molecular weight is 441 g/mol. The molecule has 2 aliphatic heterocycles. The summed E-state index contributed by atoms with van der Waals surface area (Å²) >= 11 is 1.29. The van der Waals surface area contributed by atoms with Crippen LogP contribution in [0.2, 0.25) is 0 Å². The number of hydrogen-bond acceptors (Lipinski definition) is 7. The first-order valence-corrected chi connectivity index (χ1v) is 9.50. The Morgan fingerprint density at radius 3 is 2.50 bits per heavy atom. The van der Waals surface area contributed by atoms with Gasteiger partial charge in [0.15, 0.2) is 0 Å². The number of β-lactam (4-membered cyclic amide) rings is 1. The standard InChI is InChI=1S/C18H19N3O6S.2H2O/c1-9(22)27-7-11-8-28-17-13(16(24)21(17)14(11)18(25)26)20-15(23)12(19)10-5-3-2-4-6-10;;/h2-6,12-13,17H,7-8,19H2,1H3,(H,20,23)(H,25,26);2*1H2/t12?,13?,17-;;/m1../s1. The topological polar surface area (TPSA) is 202 Å². The molecule has 8 N–H and O–H groups in total. The highest BCUT2D eigenvalue weighted by Crippen LogP contribution is 2.40. The van der Waals surface area contributed by atoms with Crippen molar-refractivity contribution in [3.8, 4) is 0 Å². The normalized spacial score (nSPS) is 20.6. The summed E-state index contributed by atoms with van der Waals surface area (Å²) in [7, 11) is 0. The van der Waals surface area contributed by atoms with Crippen LogP contribution in [-0.2, 0) is 23.9 Å². The fourth-order valence-corrected chi connectivity index (χ4v) is 4.37. The summed E-state index contributed by atoms with van der Waals surface area (Å²) in [5, 5.41) is 11.6. The smallest absolute Gasteiger partial charge is 0.352 e. The zero-order valence-electron chi connectivity index (χ0n) is 16.0. The lowest BCUT2D eigenvalue weighted by molar-refractivity contribution is -0.151. The number of nitrogens with one attached hydrogen (secondary N) is 1. The number of carboxylic acid groups (broad SMARTS) is 1. The van der Waals surface area contributed by atoms with E-state index in [1.54, 1.807) is 30.3 Å². The van der Waals surface area contributed by atoms with Gasteiger partial charge >= 0.3 is 11.9 Å². The van der Waals surface area contributed by atoms with Gasteiger partial charge in [-0.1, -0.05) is 30.3 Å². The first-order chi connectivity index (χ1) is 13.3. The molecule has 2 aliphatic rings. The molecule has 0 saturated carbocycles. The molecule has 0 spiro atoms. The summed E-state index contributed by atoms with van der Waals surface area (Å²) in [4.78, 5) is 48.7. The Morgan fingerprint density at radius 2 is 1.93 bits per heavy atom. The van der Waals surface area contributed by atoms with Crippen LogP contribution in [0.1, 0.15) is 18.5 Å². The Morgan fingerprint density at radius 1 is 1.30 bits per heavy atom. The number of carboxylic acids is 1. The number of aliphatic carboxylic acids is 1. The molecule has 3 rings (SSSR count). The van der Waals surface area contributed by atoms with E-state index in [9.17, 15) is 24.3 Å². The van der Waals surface area contributed by atoms with E-state index in [0.717, 1.165) is 4.90 Å². The number of carbonyl (C=O) groups excluding carboxylic acids is 3. The van der Waals surface area contributed by atoms with Crippen LogP contribution in [-0.4, -0.2) is 68.5 Å². The molecule has 2 heterocycles. The third-order valence-corrected chi connectivity index (χ3v) is 5.78. The van der Waals surface area contributed by atoms with Gasteiger partial charge in [-0.15, -0.1) is 11.8 Å². The van der Waals surface area contributed by atoms with E-state index in [4.69, 9.17) is 10.5 Å². The molecule has 1 fully saturated rings. The number of amides is 2. The van der Waals surface area contributed by atoms with Gasteiger partial charge in [0, 0.05) is 18.2 Å². The van der Waals surface area contributed by atoms with Crippen molar-refractivity contribution in [2.45, 2.75) is 24.4 Å². The highest BCUT2D eigenvalue weighted by atomic mass is 32.2. The van der Waals surface area contributed by atoms with Crippen molar-refractivity contribution < 1.29 is 40.0 Å². The van der Waals surface area contributed by atoms with Crippen LogP contribution >= 0.6 is 11.8 Å². The molecule has 11 nitrogen and oxygen atoms in total. The Kier molecular flexibility index (Phi) is 8.54. The zero-order chi connectivity index (χ0) is 20.4. The quantitative estimate of drug-likeness (QED) is 0.343. The zero-order valence-corrected chi connectivity index (χ0v) is 16.8. The maximum Gasteiger partial charge on any atom is 0.352 e. The number of ether oxygens (including phenoxy) is 1. The predicted octanol–water partition coefficient (Wildman–Crippen LogP) is -1.66. The number of hydrogen-bond donors (Lipinski definition) is 3. The summed E-state index contributed by atoms with van der Waals surface area (Å²) < 4.78 is 4.88. The number of nitrogens with two attached hydrogens (primary N) is 1. The third-order valence-electron chi connectivity index (χ3n) is 4.44. The first kappa shape index (κ1) is 25.1. The summed E-state index contributed by atoms with van der Waals surface area (Å²) in [5.41, 5.74) is 6.69. The summed E-state index contributed by atoms with van der Waals surface area (Å²) in [6, 6.07) is 6.92. The fraction of sp³-hybridized carbons (Fsp3) is 0.333. The van der Waals surface area contributed by atoms with Crippen molar-refractivity contribution in [3.63, 3.8) is 0 Å². The van der Waals surface area contributed by atoms with Gasteiger partial charge in [0.25, 0.3) is 5.91 Å². The molecule has 0 aliphatic carbocycles. The monoisotopic (exact) mass is 441 g/mol. The Labute approximate surface area is 175 Å². The van der Waals surface area contributed by atoms with Crippen molar-refractivity contribution >= 4 is 35.5 Å². The van der Waals surface area contributed by atoms with Crippen LogP contribution in [0.25, 0.3) is 0 Å². The number of benzene rings is 1. The SMILES string of the molecule is CC(=O)OCC1=C(C(=O)O)N2C(=O)C(NC(=O)C(N)c3ccccc3)[C@H]2SC1.O.O. The second-order valence-electron chi connectivity index (χ2n) is 6.32. The van der Waals surface area contributed by atoms with E-state index in [1.807, 2.05) is 0 Å². The molecule has 3 atom stereocenters. The summed E-state index contributed by atoms with van der Waals surface area (Å²) in [6.45, 7) is 1.02. The van der Waals surface area contributed by atoms with E-state index >= 15 is 0 Å². The second-order valence-corrected chi connectivity index (χ2v) is 7.43. The Balaban J connectivity index is 0.00000225. The van der Waals surface area contributed by atoms with E-state index in [0.29, 0.717) is 11.1 Å². The van der Waals surface area contributed by atoms with Gasteiger partial charge in [-0.25, -0.2) is 4.79 Å². The molecule has 1 saturated heterocycles. The molecule has 164 valence electrons. The second kappa shape index (κ2) is 10.2. The number of thioether (sulfide) groups is 1. The van der Waals surface area contributed by atoms with Crippen LogP contribution in [0.5, 0.6) is 0 Å². The van der Waals surface area contributed by atoms with Gasteiger partial charge in [0.05, 0.1) is 0 Å².